The number of benzene rings is 1. The second-order valence-electron chi connectivity index (χ2n) is 6.06. The number of nitrogens with two attached hydrogens (primary N) is 1. The molecule has 0 radical (unpaired) electrons. The Hall–Kier alpha value is -1.11. The number of carbonyl (C=O) groups is 1. The Morgan fingerprint density at radius 1 is 1.39 bits per heavy atom. The molecule has 3 N–H and O–H groups in total. The summed E-state index contributed by atoms with van der Waals surface area (Å²) in [6.45, 7) is 0.558. The van der Waals surface area contributed by atoms with Gasteiger partial charge in [0, 0.05) is 18.7 Å². The van der Waals surface area contributed by atoms with E-state index in [0.717, 1.165) is 25.5 Å². The number of rotatable bonds is 6. The van der Waals surface area contributed by atoms with Crippen molar-refractivity contribution in [1.29, 1.82) is 0 Å². The zero-order chi connectivity index (χ0) is 16.2. The van der Waals surface area contributed by atoms with Gasteiger partial charge in [-0.15, -0.1) is 12.4 Å². The van der Waals surface area contributed by atoms with Crippen LogP contribution in [0.4, 0.5) is 0 Å². The van der Waals surface area contributed by atoms with Crippen LogP contribution in [0.2, 0.25) is 0 Å². The van der Waals surface area contributed by atoms with Gasteiger partial charge in [-0.05, 0) is 36.8 Å². The van der Waals surface area contributed by atoms with Gasteiger partial charge in [0.1, 0.15) is 9.84 Å². The van der Waals surface area contributed by atoms with Gasteiger partial charge in [-0.3, -0.25) is 4.79 Å². The fourth-order valence-corrected chi connectivity index (χ4v) is 3.58. The first-order valence-corrected chi connectivity index (χ1v) is 9.71. The van der Waals surface area contributed by atoms with Gasteiger partial charge in [0.25, 0.3) is 0 Å². The molecule has 0 aliphatic heterocycles. The maximum absolute atomic E-state index is 12.0. The van der Waals surface area contributed by atoms with E-state index in [-0.39, 0.29) is 30.5 Å². The molecule has 0 aromatic heterocycles. The highest BCUT2D eigenvalue weighted by Crippen LogP contribution is 2.30. The molecule has 0 bridgehead atoms. The summed E-state index contributed by atoms with van der Waals surface area (Å²) in [4.78, 5) is 12.0. The highest BCUT2D eigenvalue weighted by atomic mass is 35.5. The smallest absolute Gasteiger partial charge is 0.236 e. The van der Waals surface area contributed by atoms with Crippen molar-refractivity contribution in [3.05, 3.63) is 35.4 Å². The van der Waals surface area contributed by atoms with E-state index in [2.05, 4.69) is 17.4 Å². The maximum atomic E-state index is 12.0. The van der Waals surface area contributed by atoms with Crippen molar-refractivity contribution in [2.24, 2.45) is 5.73 Å². The van der Waals surface area contributed by atoms with E-state index in [1.807, 2.05) is 12.1 Å². The van der Waals surface area contributed by atoms with Crippen molar-refractivity contribution in [1.82, 2.24) is 5.32 Å². The van der Waals surface area contributed by atoms with E-state index in [9.17, 15) is 13.2 Å². The zero-order valence-corrected chi connectivity index (χ0v) is 15.0. The fourth-order valence-electron chi connectivity index (χ4n) is 2.89. The minimum Gasteiger partial charge on any atom is -0.354 e. The summed E-state index contributed by atoms with van der Waals surface area (Å²) in [5.74, 6) is -0.0175. The Morgan fingerprint density at radius 3 is 2.78 bits per heavy atom. The third-order valence-corrected chi connectivity index (χ3v) is 5.13. The SMILES string of the molecule is CS(=O)(=O)CCC(N)C(=O)NCC1CCCc2ccccc21.Cl. The molecule has 0 heterocycles. The van der Waals surface area contributed by atoms with E-state index in [0.29, 0.717) is 12.5 Å². The zero-order valence-electron chi connectivity index (χ0n) is 13.3. The van der Waals surface area contributed by atoms with E-state index in [1.54, 1.807) is 0 Å². The van der Waals surface area contributed by atoms with Crippen LogP contribution < -0.4 is 11.1 Å². The summed E-state index contributed by atoms with van der Waals surface area (Å²) < 4.78 is 22.2. The van der Waals surface area contributed by atoms with Crippen molar-refractivity contribution in [3.8, 4) is 0 Å². The van der Waals surface area contributed by atoms with Crippen LogP contribution in [0.3, 0.4) is 0 Å². The Balaban J connectivity index is 0.00000264. The van der Waals surface area contributed by atoms with Crippen LogP contribution in [-0.2, 0) is 21.1 Å². The number of aryl methyl sites for hydroxylation is 1. The number of halogens is 1. The molecule has 1 aromatic rings. The average molecular weight is 361 g/mol. The quantitative estimate of drug-likeness (QED) is 0.802. The second-order valence-corrected chi connectivity index (χ2v) is 8.32. The molecule has 23 heavy (non-hydrogen) atoms. The third kappa shape index (κ3) is 6.12. The van der Waals surface area contributed by atoms with Gasteiger partial charge in [0.15, 0.2) is 0 Å². The normalized spacial score (nSPS) is 18.4. The molecule has 0 spiro atoms. The minimum absolute atomic E-state index is 0. The van der Waals surface area contributed by atoms with E-state index >= 15 is 0 Å². The molecule has 0 saturated heterocycles. The van der Waals surface area contributed by atoms with Crippen molar-refractivity contribution in [3.63, 3.8) is 0 Å². The fraction of sp³-hybridized carbons (Fsp3) is 0.562. The third-order valence-electron chi connectivity index (χ3n) is 4.15. The first-order chi connectivity index (χ1) is 10.4. The monoisotopic (exact) mass is 360 g/mol. The number of amides is 1. The number of hydrogen-bond donors (Lipinski definition) is 2. The molecule has 1 aliphatic carbocycles. The van der Waals surface area contributed by atoms with Crippen molar-refractivity contribution >= 4 is 28.2 Å². The first kappa shape index (κ1) is 19.9. The highest BCUT2D eigenvalue weighted by molar-refractivity contribution is 7.90. The number of nitrogens with one attached hydrogen (secondary N) is 1. The topological polar surface area (TPSA) is 89.3 Å². The van der Waals surface area contributed by atoms with Crippen molar-refractivity contribution < 1.29 is 13.2 Å². The van der Waals surface area contributed by atoms with Crippen LogP contribution >= 0.6 is 12.4 Å². The molecule has 0 saturated carbocycles. The van der Waals surface area contributed by atoms with Gasteiger partial charge < -0.3 is 11.1 Å². The van der Waals surface area contributed by atoms with Gasteiger partial charge in [-0.1, -0.05) is 24.3 Å². The van der Waals surface area contributed by atoms with Crippen LogP contribution in [0.1, 0.15) is 36.3 Å². The predicted octanol–water partition coefficient (Wildman–Crippen LogP) is 1.41. The molecule has 2 unspecified atom stereocenters. The number of sulfone groups is 1. The van der Waals surface area contributed by atoms with Crippen LogP contribution in [0.5, 0.6) is 0 Å². The first-order valence-electron chi connectivity index (χ1n) is 7.65. The summed E-state index contributed by atoms with van der Waals surface area (Å²) in [7, 11) is -3.09. The lowest BCUT2D eigenvalue weighted by molar-refractivity contribution is -0.122. The Kier molecular flexibility index (Phi) is 7.51. The molecule has 1 aromatic carbocycles. The van der Waals surface area contributed by atoms with Gasteiger partial charge >= 0.3 is 0 Å². The molecule has 5 nitrogen and oxygen atoms in total. The van der Waals surface area contributed by atoms with Crippen LogP contribution in [0, 0.1) is 0 Å². The van der Waals surface area contributed by atoms with Gasteiger partial charge in [0.2, 0.25) is 5.91 Å². The lowest BCUT2D eigenvalue weighted by Crippen LogP contribution is -2.43. The van der Waals surface area contributed by atoms with Crippen LogP contribution in [0.15, 0.2) is 24.3 Å². The van der Waals surface area contributed by atoms with E-state index in [1.165, 1.54) is 11.1 Å². The molecule has 1 amide bonds. The van der Waals surface area contributed by atoms with Crippen LogP contribution in [0.25, 0.3) is 0 Å². The number of carbonyl (C=O) groups excluding carboxylic acids is 1. The molecule has 1 aliphatic rings. The maximum Gasteiger partial charge on any atom is 0.236 e. The second kappa shape index (κ2) is 8.66. The summed E-state index contributed by atoms with van der Waals surface area (Å²) in [5.41, 5.74) is 8.42. The van der Waals surface area contributed by atoms with Crippen molar-refractivity contribution in [2.45, 2.75) is 37.6 Å². The molecular weight excluding hydrogens is 336 g/mol. The number of hydrogen-bond acceptors (Lipinski definition) is 4. The van der Waals surface area contributed by atoms with Crippen LogP contribution in [-0.4, -0.2) is 38.9 Å². The van der Waals surface area contributed by atoms with E-state index < -0.39 is 15.9 Å². The summed E-state index contributed by atoms with van der Waals surface area (Å²) >= 11 is 0. The Morgan fingerprint density at radius 2 is 2.09 bits per heavy atom. The summed E-state index contributed by atoms with van der Waals surface area (Å²) in [6.07, 6.45) is 4.57. The minimum atomic E-state index is -3.09. The lowest BCUT2D eigenvalue weighted by Gasteiger charge is -2.26. The highest BCUT2D eigenvalue weighted by Gasteiger charge is 2.22. The Bertz CT molecular complexity index is 634. The number of fused-ring (bicyclic) bond motifs is 1. The molecular formula is C16H25ClN2O3S. The van der Waals surface area contributed by atoms with Crippen molar-refractivity contribution in [2.75, 3.05) is 18.6 Å². The van der Waals surface area contributed by atoms with Gasteiger partial charge in [0.05, 0.1) is 11.8 Å². The molecule has 2 rings (SSSR count). The standard InChI is InChI=1S/C16H24N2O3S.ClH/c1-22(20,21)10-9-15(17)16(19)18-11-13-7-4-6-12-5-2-3-8-14(12)13;/h2-3,5,8,13,15H,4,6-7,9-11,17H2,1H3,(H,18,19);1H. The van der Waals surface area contributed by atoms with Gasteiger partial charge in [-0.25, -0.2) is 8.42 Å². The largest absolute Gasteiger partial charge is 0.354 e. The molecule has 7 heteroatoms. The lowest BCUT2D eigenvalue weighted by atomic mass is 9.83. The predicted molar refractivity (Wildman–Crippen MR) is 94.7 cm³/mol. The molecule has 130 valence electrons. The summed E-state index contributed by atoms with van der Waals surface area (Å²) in [5, 5.41) is 2.87. The summed E-state index contributed by atoms with van der Waals surface area (Å²) in [6, 6.07) is 7.56. The van der Waals surface area contributed by atoms with E-state index in [4.69, 9.17) is 5.73 Å². The molecule has 2 atom stereocenters. The molecule has 0 fully saturated rings. The van der Waals surface area contributed by atoms with Gasteiger partial charge in [-0.2, -0.15) is 0 Å². The average Bonchev–Trinajstić information content (AvgIpc) is 2.49. The Labute approximate surface area is 144 Å².